The van der Waals surface area contributed by atoms with Crippen molar-refractivity contribution in [2.24, 2.45) is 5.92 Å². The number of benzene rings is 2. The third kappa shape index (κ3) is 5.67. The highest BCUT2D eigenvalue weighted by Crippen LogP contribution is 2.32. The van der Waals surface area contributed by atoms with E-state index in [1.165, 1.54) is 0 Å². The molecule has 0 spiro atoms. The van der Waals surface area contributed by atoms with Gasteiger partial charge in [0.2, 0.25) is 5.91 Å². The Hall–Kier alpha value is -2.89. The molecule has 5 nitrogen and oxygen atoms in total. The van der Waals surface area contributed by atoms with Crippen molar-refractivity contribution in [3.05, 3.63) is 95.3 Å². The van der Waals surface area contributed by atoms with Gasteiger partial charge in [-0.2, -0.15) is 0 Å². The van der Waals surface area contributed by atoms with Crippen LogP contribution in [0.5, 0.6) is 5.75 Å². The largest absolute Gasteiger partial charge is 0.492 e. The zero-order chi connectivity index (χ0) is 22.2. The molecule has 0 radical (unpaired) electrons. The Kier molecular flexibility index (Phi) is 7.75. The normalized spacial score (nSPS) is 15.2. The second-order valence-electron chi connectivity index (χ2n) is 7.95. The van der Waals surface area contributed by atoms with Crippen LogP contribution in [-0.2, 0) is 4.79 Å². The van der Waals surface area contributed by atoms with E-state index < -0.39 is 0 Å². The fraction of sp³-hybridized carbons (Fsp3) is 0.308. The zero-order valence-corrected chi connectivity index (χ0v) is 18.7. The molecular formula is C26H28ClN3O2. The van der Waals surface area contributed by atoms with Gasteiger partial charge >= 0.3 is 0 Å². The molecule has 0 saturated carbocycles. The Morgan fingerprint density at radius 3 is 2.34 bits per heavy atom. The third-order valence-electron chi connectivity index (χ3n) is 5.83. The summed E-state index contributed by atoms with van der Waals surface area (Å²) in [5.41, 5.74) is 2.03. The first-order chi connectivity index (χ1) is 15.7. The Labute approximate surface area is 194 Å². The maximum Gasteiger partial charge on any atom is 0.226 e. The van der Waals surface area contributed by atoms with E-state index >= 15 is 0 Å². The fourth-order valence-electron chi connectivity index (χ4n) is 4.19. The Morgan fingerprint density at radius 1 is 1.00 bits per heavy atom. The molecule has 1 aliphatic heterocycles. The lowest BCUT2D eigenvalue weighted by molar-refractivity contribution is -0.138. The maximum atomic E-state index is 13.8. The van der Waals surface area contributed by atoms with Gasteiger partial charge in [-0.25, -0.2) is 0 Å². The smallest absolute Gasteiger partial charge is 0.226 e. The number of nitrogens with one attached hydrogen (secondary N) is 1. The van der Waals surface area contributed by atoms with Crippen LogP contribution >= 0.6 is 11.6 Å². The predicted octanol–water partition coefficient (Wildman–Crippen LogP) is 4.73. The van der Waals surface area contributed by atoms with Crippen molar-refractivity contribution in [1.29, 1.82) is 0 Å². The van der Waals surface area contributed by atoms with Crippen LogP contribution in [0.1, 0.15) is 30.0 Å². The van der Waals surface area contributed by atoms with E-state index in [0.29, 0.717) is 18.2 Å². The number of ether oxygens (including phenoxy) is 1. The maximum absolute atomic E-state index is 13.8. The lowest BCUT2D eigenvalue weighted by atomic mass is 9.92. The molecule has 1 fully saturated rings. The van der Waals surface area contributed by atoms with Gasteiger partial charge in [0.15, 0.2) is 0 Å². The van der Waals surface area contributed by atoms with Crippen molar-refractivity contribution >= 4 is 17.5 Å². The molecule has 1 amide bonds. The molecule has 3 aromatic rings. The van der Waals surface area contributed by atoms with Crippen molar-refractivity contribution in [2.45, 2.75) is 18.9 Å². The second-order valence-corrected chi connectivity index (χ2v) is 8.39. The standard InChI is InChI=1S/C26H28ClN3O2/c27-23-8-6-20(7-9-23)25(21-10-14-28-15-11-21)30(26(31)22-12-16-29-17-13-22)18-19-32-24-4-2-1-3-5-24/h1-11,14-15,22,25,29H,12-13,16-19H2/t25-/m1/s1. The van der Waals surface area contributed by atoms with E-state index in [1.807, 2.05) is 71.6 Å². The molecule has 1 N–H and O–H groups in total. The molecule has 6 heteroatoms. The van der Waals surface area contributed by atoms with Crippen molar-refractivity contribution in [3.63, 3.8) is 0 Å². The van der Waals surface area contributed by atoms with Crippen LogP contribution < -0.4 is 10.1 Å². The van der Waals surface area contributed by atoms with E-state index in [9.17, 15) is 4.79 Å². The number of hydrogen-bond donors (Lipinski definition) is 1. The van der Waals surface area contributed by atoms with E-state index in [0.717, 1.165) is 42.8 Å². The van der Waals surface area contributed by atoms with Crippen LogP contribution in [0.25, 0.3) is 0 Å². The summed E-state index contributed by atoms with van der Waals surface area (Å²) in [4.78, 5) is 19.9. The summed E-state index contributed by atoms with van der Waals surface area (Å²) >= 11 is 6.16. The lowest BCUT2D eigenvalue weighted by Crippen LogP contribution is -2.44. The Morgan fingerprint density at radius 2 is 1.66 bits per heavy atom. The van der Waals surface area contributed by atoms with Gasteiger partial charge in [-0.1, -0.05) is 41.9 Å². The minimum atomic E-state index is -0.239. The number of piperidine rings is 1. The van der Waals surface area contributed by atoms with Crippen LogP contribution in [0.4, 0.5) is 0 Å². The molecule has 0 unspecified atom stereocenters. The average Bonchev–Trinajstić information content (AvgIpc) is 2.86. The fourth-order valence-corrected chi connectivity index (χ4v) is 4.32. The second kappa shape index (κ2) is 11.1. The summed E-state index contributed by atoms with van der Waals surface area (Å²) in [5.74, 6) is 0.971. The average molecular weight is 450 g/mol. The zero-order valence-electron chi connectivity index (χ0n) is 18.0. The molecule has 1 aromatic heterocycles. The molecule has 1 aliphatic rings. The molecule has 1 saturated heterocycles. The molecule has 166 valence electrons. The summed E-state index contributed by atoms with van der Waals surface area (Å²) < 4.78 is 5.98. The summed E-state index contributed by atoms with van der Waals surface area (Å²) in [6.07, 6.45) is 5.23. The first-order valence-electron chi connectivity index (χ1n) is 11.1. The summed E-state index contributed by atoms with van der Waals surface area (Å²) in [7, 11) is 0. The number of nitrogens with zero attached hydrogens (tertiary/aromatic N) is 2. The van der Waals surface area contributed by atoms with Crippen LogP contribution in [-0.4, -0.2) is 42.0 Å². The number of pyridine rings is 1. The SMILES string of the molecule is O=C(C1CCNCC1)N(CCOc1ccccc1)[C@@H](c1ccncc1)c1ccc(Cl)cc1. The number of rotatable bonds is 8. The van der Waals surface area contributed by atoms with Gasteiger partial charge in [0.1, 0.15) is 12.4 Å². The highest BCUT2D eigenvalue weighted by Gasteiger charge is 2.32. The topological polar surface area (TPSA) is 54.5 Å². The molecule has 1 atom stereocenters. The number of carbonyl (C=O) groups is 1. The minimum absolute atomic E-state index is 0.00427. The van der Waals surface area contributed by atoms with Gasteiger partial charge < -0.3 is 15.0 Å². The van der Waals surface area contributed by atoms with Crippen LogP contribution in [0.3, 0.4) is 0 Å². The van der Waals surface area contributed by atoms with Crippen molar-refractivity contribution in [3.8, 4) is 5.75 Å². The van der Waals surface area contributed by atoms with Gasteiger partial charge in [0.25, 0.3) is 0 Å². The van der Waals surface area contributed by atoms with E-state index in [-0.39, 0.29) is 17.9 Å². The van der Waals surface area contributed by atoms with E-state index in [4.69, 9.17) is 16.3 Å². The first-order valence-corrected chi connectivity index (χ1v) is 11.4. The molecule has 32 heavy (non-hydrogen) atoms. The number of amides is 1. The van der Waals surface area contributed by atoms with E-state index in [2.05, 4.69) is 10.3 Å². The molecule has 0 bridgehead atoms. The predicted molar refractivity (Wildman–Crippen MR) is 127 cm³/mol. The highest BCUT2D eigenvalue weighted by molar-refractivity contribution is 6.30. The monoisotopic (exact) mass is 449 g/mol. The number of hydrogen-bond acceptors (Lipinski definition) is 4. The van der Waals surface area contributed by atoms with Gasteiger partial charge in [-0.05, 0) is 73.5 Å². The number of halogens is 1. The van der Waals surface area contributed by atoms with Crippen molar-refractivity contribution < 1.29 is 9.53 Å². The van der Waals surface area contributed by atoms with Crippen LogP contribution in [0.15, 0.2) is 79.1 Å². The molecule has 0 aliphatic carbocycles. The Balaban J connectivity index is 1.64. The summed E-state index contributed by atoms with van der Waals surface area (Å²) in [5, 5.41) is 4.03. The minimum Gasteiger partial charge on any atom is -0.492 e. The molecule has 4 rings (SSSR count). The quantitative estimate of drug-likeness (QED) is 0.540. The van der Waals surface area contributed by atoms with E-state index in [1.54, 1.807) is 12.4 Å². The molecule has 2 aromatic carbocycles. The summed E-state index contributed by atoms with van der Waals surface area (Å²) in [6, 6.07) is 21.1. The lowest BCUT2D eigenvalue weighted by Gasteiger charge is -2.36. The van der Waals surface area contributed by atoms with Gasteiger partial charge in [0, 0.05) is 23.3 Å². The molecule has 2 heterocycles. The van der Waals surface area contributed by atoms with Gasteiger partial charge in [-0.15, -0.1) is 0 Å². The number of aromatic nitrogens is 1. The third-order valence-corrected chi connectivity index (χ3v) is 6.09. The highest BCUT2D eigenvalue weighted by atomic mass is 35.5. The van der Waals surface area contributed by atoms with Gasteiger partial charge in [0.05, 0.1) is 12.6 Å². The van der Waals surface area contributed by atoms with Crippen molar-refractivity contribution in [1.82, 2.24) is 15.2 Å². The number of para-hydroxylation sites is 1. The number of carbonyl (C=O) groups excluding carboxylic acids is 1. The summed E-state index contributed by atoms with van der Waals surface area (Å²) in [6.45, 7) is 2.63. The Bertz CT molecular complexity index is 977. The van der Waals surface area contributed by atoms with Crippen LogP contribution in [0, 0.1) is 5.92 Å². The molecular weight excluding hydrogens is 422 g/mol. The van der Waals surface area contributed by atoms with Crippen LogP contribution in [0.2, 0.25) is 5.02 Å². The van der Waals surface area contributed by atoms with Gasteiger partial charge in [-0.3, -0.25) is 9.78 Å². The first kappa shape index (κ1) is 22.3. The van der Waals surface area contributed by atoms with Crippen molar-refractivity contribution in [2.75, 3.05) is 26.2 Å².